The summed E-state index contributed by atoms with van der Waals surface area (Å²) in [6.45, 7) is 0. The zero-order valence-corrected chi connectivity index (χ0v) is 16.1. The number of phenols is 2. The van der Waals surface area contributed by atoms with E-state index in [1.54, 1.807) is 24.3 Å². The first kappa shape index (κ1) is 21.7. The fourth-order valence-electron chi connectivity index (χ4n) is 3.71. The second kappa shape index (κ2) is 7.54. The monoisotopic (exact) mass is 454 g/mol. The number of benzene rings is 3. The minimum atomic E-state index is -4.70. The summed E-state index contributed by atoms with van der Waals surface area (Å²) in [5.41, 5.74) is -1.50. The van der Waals surface area contributed by atoms with Crippen LogP contribution in [0.3, 0.4) is 0 Å². The molecule has 10 heteroatoms. The van der Waals surface area contributed by atoms with E-state index in [-0.39, 0.29) is 11.1 Å². The molecule has 2 atom stereocenters. The molecule has 1 aliphatic rings. The maximum Gasteiger partial charge on any atom is 0.416 e. The van der Waals surface area contributed by atoms with Gasteiger partial charge in [-0.05, 0) is 48.5 Å². The van der Waals surface area contributed by atoms with Crippen LogP contribution in [-0.4, -0.2) is 10.2 Å². The van der Waals surface area contributed by atoms with Gasteiger partial charge < -0.3 is 20.8 Å². The van der Waals surface area contributed by atoms with Crippen LogP contribution >= 0.6 is 0 Å². The number of hydrogen-bond acceptors (Lipinski definition) is 4. The predicted octanol–water partition coefficient (Wildman–Crippen LogP) is 6.46. The van der Waals surface area contributed by atoms with Crippen LogP contribution in [0.2, 0.25) is 0 Å². The Balaban J connectivity index is 1.89. The quantitative estimate of drug-likeness (QED) is 0.336. The lowest BCUT2D eigenvalue weighted by Crippen LogP contribution is -2.30. The number of rotatable bonds is 2. The van der Waals surface area contributed by atoms with Gasteiger partial charge in [0.25, 0.3) is 0 Å². The molecule has 0 radical (unpaired) electrons. The summed E-state index contributed by atoms with van der Waals surface area (Å²) in [5, 5.41) is 26.7. The normalized spacial score (nSPS) is 18.4. The van der Waals surface area contributed by atoms with E-state index in [1.807, 2.05) is 0 Å². The van der Waals surface area contributed by atoms with Crippen LogP contribution in [0.15, 0.2) is 60.7 Å². The van der Waals surface area contributed by atoms with E-state index >= 15 is 0 Å². The molecule has 0 saturated carbocycles. The summed E-state index contributed by atoms with van der Waals surface area (Å²) in [7, 11) is 0. The lowest BCUT2D eigenvalue weighted by Gasteiger charge is -2.37. The van der Waals surface area contributed by atoms with Crippen LogP contribution in [-0.2, 0) is 12.4 Å². The largest absolute Gasteiger partial charge is 0.508 e. The summed E-state index contributed by atoms with van der Waals surface area (Å²) in [6.07, 6.45) is -9.40. The number of halogens is 6. The van der Waals surface area contributed by atoms with E-state index in [0.29, 0.717) is 23.5 Å². The number of anilines is 2. The van der Waals surface area contributed by atoms with Gasteiger partial charge in [-0.1, -0.05) is 12.1 Å². The molecule has 0 fully saturated rings. The molecule has 1 aliphatic heterocycles. The molecule has 168 valence electrons. The van der Waals surface area contributed by atoms with E-state index in [9.17, 15) is 36.6 Å². The molecule has 4 N–H and O–H groups in total. The van der Waals surface area contributed by atoms with Crippen molar-refractivity contribution in [3.05, 3.63) is 82.9 Å². The van der Waals surface area contributed by atoms with Gasteiger partial charge in [0.1, 0.15) is 11.5 Å². The second-order valence-corrected chi connectivity index (χ2v) is 7.33. The average molecular weight is 454 g/mol. The van der Waals surface area contributed by atoms with E-state index < -0.39 is 47.1 Å². The van der Waals surface area contributed by atoms with Gasteiger partial charge in [0, 0.05) is 11.1 Å². The summed E-state index contributed by atoms with van der Waals surface area (Å²) >= 11 is 0. The lowest BCUT2D eigenvalue weighted by atomic mass is 9.88. The minimum Gasteiger partial charge on any atom is -0.508 e. The van der Waals surface area contributed by atoms with Crippen LogP contribution in [0.25, 0.3) is 0 Å². The van der Waals surface area contributed by atoms with E-state index in [0.717, 1.165) is 24.3 Å². The fraction of sp³-hybridized carbons (Fsp3) is 0.182. The number of phenolic OH excluding ortho intramolecular Hbond substituents is 2. The van der Waals surface area contributed by atoms with Crippen molar-refractivity contribution in [3.63, 3.8) is 0 Å². The molecule has 0 amide bonds. The van der Waals surface area contributed by atoms with Crippen molar-refractivity contribution in [2.45, 2.75) is 24.4 Å². The molecule has 0 bridgehead atoms. The smallest absolute Gasteiger partial charge is 0.416 e. The van der Waals surface area contributed by atoms with Gasteiger partial charge in [-0.2, -0.15) is 26.3 Å². The van der Waals surface area contributed by atoms with Crippen molar-refractivity contribution in [1.82, 2.24) is 0 Å². The third kappa shape index (κ3) is 4.00. The maximum atomic E-state index is 13.3. The number of fused-ring (bicyclic) bond motifs is 1. The first-order valence-electron chi connectivity index (χ1n) is 9.37. The third-order valence-electron chi connectivity index (χ3n) is 5.26. The topological polar surface area (TPSA) is 64.5 Å². The van der Waals surface area contributed by atoms with Crippen LogP contribution in [0.5, 0.6) is 11.5 Å². The molecule has 0 spiro atoms. The Morgan fingerprint density at radius 1 is 0.594 bits per heavy atom. The predicted molar refractivity (Wildman–Crippen MR) is 105 cm³/mol. The Hall–Kier alpha value is -3.56. The first-order valence-corrected chi connectivity index (χ1v) is 9.37. The van der Waals surface area contributed by atoms with Crippen LogP contribution in [0.1, 0.15) is 34.3 Å². The van der Waals surface area contributed by atoms with Crippen molar-refractivity contribution in [1.29, 1.82) is 0 Å². The third-order valence-corrected chi connectivity index (χ3v) is 5.26. The molecular weight excluding hydrogens is 438 g/mol. The lowest BCUT2D eigenvalue weighted by molar-refractivity contribution is -0.138. The summed E-state index contributed by atoms with van der Waals surface area (Å²) in [5.74, 6) is -0.957. The Morgan fingerprint density at radius 3 is 1.31 bits per heavy atom. The number of nitrogens with one attached hydrogen (secondary N) is 2. The Kier molecular flexibility index (Phi) is 5.10. The van der Waals surface area contributed by atoms with E-state index in [2.05, 4.69) is 10.6 Å². The number of para-hydroxylation sites is 2. The standard InChI is InChI=1S/C22H16F6N2O2/c23-21(24,25)11-5-7-17(31)13(9-11)19-20(30-16-4-2-1-3-15(16)29-19)14-10-12(22(26,27)28)6-8-18(14)32/h1-10,19-20,29-32H/t19-,20-/m0/s1. The highest BCUT2D eigenvalue weighted by Gasteiger charge is 2.38. The van der Waals surface area contributed by atoms with Crippen molar-refractivity contribution >= 4 is 11.4 Å². The van der Waals surface area contributed by atoms with Gasteiger partial charge >= 0.3 is 12.4 Å². The summed E-state index contributed by atoms with van der Waals surface area (Å²) < 4.78 is 79.7. The number of alkyl halides is 6. The second-order valence-electron chi connectivity index (χ2n) is 7.33. The van der Waals surface area contributed by atoms with Crippen LogP contribution in [0.4, 0.5) is 37.7 Å². The molecule has 0 aromatic heterocycles. The van der Waals surface area contributed by atoms with E-state index in [4.69, 9.17) is 0 Å². The minimum absolute atomic E-state index is 0.191. The average Bonchev–Trinajstić information content (AvgIpc) is 2.72. The number of hydrogen-bond donors (Lipinski definition) is 4. The van der Waals surface area contributed by atoms with E-state index in [1.165, 1.54) is 0 Å². The van der Waals surface area contributed by atoms with Gasteiger partial charge in [0.15, 0.2) is 0 Å². The van der Waals surface area contributed by atoms with Crippen LogP contribution < -0.4 is 10.6 Å². The fourth-order valence-corrected chi connectivity index (χ4v) is 3.71. The SMILES string of the molecule is Oc1ccc(C(F)(F)F)cc1[C@@H]1Nc2ccccc2N[C@H]1c1cc(C(F)(F)F)ccc1O. The molecule has 0 saturated heterocycles. The van der Waals surface area contributed by atoms with Crippen molar-refractivity contribution < 1.29 is 36.6 Å². The van der Waals surface area contributed by atoms with Gasteiger partial charge in [0.05, 0.1) is 34.6 Å². The van der Waals surface area contributed by atoms with Gasteiger partial charge in [0.2, 0.25) is 0 Å². The highest BCUT2D eigenvalue weighted by Crippen LogP contribution is 2.48. The van der Waals surface area contributed by atoms with Crippen molar-refractivity contribution in [3.8, 4) is 11.5 Å². The highest BCUT2D eigenvalue weighted by atomic mass is 19.4. The Morgan fingerprint density at radius 2 is 0.969 bits per heavy atom. The molecular formula is C22H16F6N2O2. The van der Waals surface area contributed by atoms with Gasteiger partial charge in [-0.3, -0.25) is 0 Å². The zero-order chi connectivity index (χ0) is 23.3. The van der Waals surface area contributed by atoms with Crippen LogP contribution in [0, 0.1) is 0 Å². The highest BCUT2D eigenvalue weighted by molar-refractivity contribution is 5.73. The van der Waals surface area contributed by atoms with Gasteiger partial charge in [-0.25, -0.2) is 0 Å². The Labute approximate surface area is 178 Å². The molecule has 4 rings (SSSR count). The Bertz CT molecular complexity index is 1070. The molecule has 0 unspecified atom stereocenters. The number of aromatic hydroxyl groups is 2. The molecule has 4 nitrogen and oxygen atoms in total. The van der Waals surface area contributed by atoms with Gasteiger partial charge in [-0.15, -0.1) is 0 Å². The molecule has 1 heterocycles. The molecule has 3 aromatic carbocycles. The molecule has 0 aliphatic carbocycles. The zero-order valence-electron chi connectivity index (χ0n) is 16.1. The molecule has 3 aromatic rings. The van der Waals surface area contributed by atoms with Crippen molar-refractivity contribution in [2.24, 2.45) is 0 Å². The summed E-state index contributed by atoms with van der Waals surface area (Å²) in [6, 6.07) is 8.96. The first-order chi connectivity index (χ1) is 14.9. The van der Waals surface area contributed by atoms with Crippen molar-refractivity contribution in [2.75, 3.05) is 10.6 Å². The summed E-state index contributed by atoms with van der Waals surface area (Å²) in [4.78, 5) is 0. The maximum absolute atomic E-state index is 13.3. The molecule has 32 heavy (non-hydrogen) atoms.